The summed E-state index contributed by atoms with van der Waals surface area (Å²) in [6, 6.07) is 0. The second-order valence-corrected chi connectivity index (χ2v) is 13.8. The minimum atomic E-state index is -0.950. The largest absolute Gasteiger partial charge is 0.393 e. The van der Waals surface area contributed by atoms with Crippen LogP contribution in [0.4, 0.5) is 0 Å². The Morgan fingerprint density at radius 2 is 1.65 bits per heavy atom. The summed E-state index contributed by atoms with van der Waals surface area (Å²) >= 11 is 0. The summed E-state index contributed by atoms with van der Waals surface area (Å²) in [4.78, 5) is 12.9. The number of rotatable bonds is 4. The lowest BCUT2D eigenvalue weighted by Crippen LogP contribution is -2.66. The number of fused-ring (bicyclic) bond motifs is 5. The van der Waals surface area contributed by atoms with Crippen LogP contribution in [0.1, 0.15) is 93.4 Å². The molecule has 0 aliphatic heterocycles. The molecule has 4 heteroatoms. The standard InChI is InChI=1S/C30H48O4/c1-17(2)25(34)21(31)15-18(3)19-9-13-29(7)20(19)16-22(32)26-28(6)12-11-24(33)27(4,5)23(28)10-14-30(26,29)8/h15,19-23,25-26,31-32,34H,1,9-14,16H2,2-8H3. The fraction of sp³-hybridized carbons (Fsp3) is 0.833. The zero-order valence-corrected chi connectivity index (χ0v) is 22.5. The van der Waals surface area contributed by atoms with Crippen LogP contribution in [0.25, 0.3) is 0 Å². The first-order chi connectivity index (χ1) is 15.6. The molecule has 4 rings (SSSR count). The van der Waals surface area contributed by atoms with E-state index in [1.165, 1.54) is 0 Å². The Morgan fingerprint density at radius 3 is 2.26 bits per heavy atom. The minimum absolute atomic E-state index is 0.0158. The number of carbonyl (C=O) groups excluding carboxylic acids is 1. The summed E-state index contributed by atoms with van der Waals surface area (Å²) in [6.07, 6.45) is 6.15. The summed E-state index contributed by atoms with van der Waals surface area (Å²) in [5.74, 6) is 1.58. The lowest BCUT2D eigenvalue weighted by Gasteiger charge is -2.70. The molecule has 10 atom stereocenters. The first kappa shape index (κ1) is 26.1. The van der Waals surface area contributed by atoms with Crippen LogP contribution in [0.15, 0.2) is 23.8 Å². The number of hydrogen-bond donors (Lipinski definition) is 3. The van der Waals surface area contributed by atoms with E-state index in [4.69, 9.17) is 0 Å². The van der Waals surface area contributed by atoms with Crippen molar-refractivity contribution in [2.75, 3.05) is 0 Å². The third-order valence-electron chi connectivity index (χ3n) is 11.9. The lowest BCUT2D eigenvalue weighted by atomic mass is 9.35. The topological polar surface area (TPSA) is 77.8 Å². The average Bonchev–Trinajstić information content (AvgIpc) is 3.08. The van der Waals surface area contributed by atoms with Gasteiger partial charge in [-0.2, -0.15) is 0 Å². The van der Waals surface area contributed by atoms with Crippen molar-refractivity contribution in [1.82, 2.24) is 0 Å². The van der Waals surface area contributed by atoms with Gasteiger partial charge in [-0.15, -0.1) is 0 Å². The van der Waals surface area contributed by atoms with E-state index in [-0.39, 0.29) is 33.7 Å². The summed E-state index contributed by atoms with van der Waals surface area (Å²) in [5, 5.41) is 32.6. The molecule has 4 saturated carbocycles. The minimum Gasteiger partial charge on any atom is -0.393 e. The molecule has 0 bridgehead atoms. The lowest BCUT2D eigenvalue weighted by molar-refractivity contribution is -0.236. The molecule has 34 heavy (non-hydrogen) atoms. The van der Waals surface area contributed by atoms with Crippen molar-refractivity contribution in [3.8, 4) is 0 Å². The van der Waals surface area contributed by atoms with E-state index in [0.717, 1.165) is 44.1 Å². The summed E-state index contributed by atoms with van der Waals surface area (Å²) in [7, 11) is 0. The number of allylic oxidation sites excluding steroid dienone is 1. The Morgan fingerprint density at radius 1 is 1.03 bits per heavy atom. The average molecular weight is 473 g/mol. The van der Waals surface area contributed by atoms with Crippen LogP contribution in [0.3, 0.4) is 0 Å². The number of ketones is 1. The SMILES string of the molecule is C=C(C)C(O)C(O)C=C(C)C1CCC2(C)C1CC(O)C1C3(C)CCC(=O)C(C)(C)C3CCC12C. The maximum atomic E-state index is 12.9. The van der Waals surface area contributed by atoms with Gasteiger partial charge in [0.25, 0.3) is 0 Å². The Labute approximate surface area is 206 Å². The van der Waals surface area contributed by atoms with E-state index >= 15 is 0 Å². The van der Waals surface area contributed by atoms with Gasteiger partial charge >= 0.3 is 0 Å². The molecule has 192 valence electrons. The molecule has 4 fully saturated rings. The van der Waals surface area contributed by atoms with Gasteiger partial charge < -0.3 is 15.3 Å². The van der Waals surface area contributed by atoms with E-state index < -0.39 is 12.2 Å². The van der Waals surface area contributed by atoms with Crippen molar-refractivity contribution in [3.63, 3.8) is 0 Å². The van der Waals surface area contributed by atoms with E-state index in [2.05, 4.69) is 48.1 Å². The van der Waals surface area contributed by atoms with Crippen LogP contribution in [0.5, 0.6) is 0 Å². The van der Waals surface area contributed by atoms with E-state index in [9.17, 15) is 20.1 Å². The highest BCUT2D eigenvalue weighted by Crippen LogP contribution is 2.75. The van der Waals surface area contributed by atoms with Crippen molar-refractivity contribution < 1.29 is 20.1 Å². The Kier molecular flexibility index (Phi) is 6.36. The normalized spacial score (nSPS) is 47.9. The highest BCUT2D eigenvalue weighted by Gasteiger charge is 2.70. The molecule has 0 spiro atoms. The number of hydrogen-bond acceptors (Lipinski definition) is 4. The maximum Gasteiger partial charge on any atom is 0.138 e. The molecule has 4 nitrogen and oxygen atoms in total. The van der Waals surface area contributed by atoms with Crippen LogP contribution in [-0.4, -0.2) is 39.4 Å². The maximum absolute atomic E-state index is 12.9. The summed E-state index contributed by atoms with van der Waals surface area (Å²) < 4.78 is 0. The molecule has 0 aromatic rings. The number of aliphatic hydroxyl groups is 3. The molecule has 4 aliphatic carbocycles. The second kappa shape index (κ2) is 8.28. The van der Waals surface area contributed by atoms with Gasteiger partial charge in [-0.25, -0.2) is 0 Å². The molecular formula is C30H48O4. The van der Waals surface area contributed by atoms with Gasteiger partial charge in [0, 0.05) is 11.8 Å². The second-order valence-electron chi connectivity index (χ2n) is 13.8. The van der Waals surface area contributed by atoms with Gasteiger partial charge in [-0.05, 0) is 97.9 Å². The van der Waals surface area contributed by atoms with Crippen molar-refractivity contribution in [3.05, 3.63) is 23.8 Å². The van der Waals surface area contributed by atoms with Crippen LogP contribution in [0, 0.1) is 45.3 Å². The first-order valence-electron chi connectivity index (χ1n) is 13.5. The van der Waals surface area contributed by atoms with Crippen LogP contribution in [0.2, 0.25) is 0 Å². The fourth-order valence-electron chi connectivity index (χ4n) is 9.93. The molecule has 0 saturated heterocycles. The number of Topliss-reactive ketones (excluding diaryl/α,β-unsaturated/α-hetero) is 1. The van der Waals surface area contributed by atoms with Gasteiger partial charge in [-0.3, -0.25) is 4.79 Å². The van der Waals surface area contributed by atoms with Crippen LogP contribution in [-0.2, 0) is 4.79 Å². The third kappa shape index (κ3) is 3.45. The van der Waals surface area contributed by atoms with Crippen molar-refractivity contribution in [1.29, 1.82) is 0 Å². The van der Waals surface area contributed by atoms with Crippen LogP contribution < -0.4 is 0 Å². The Hall–Kier alpha value is -0.970. The molecule has 3 N–H and O–H groups in total. The predicted octanol–water partition coefficient (Wildman–Crippen LogP) is 5.46. The Balaban J connectivity index is 1.68. The number of aliphatic hydroxyl groups excluding tert-OH is 3. The molecule has 0 radical (unpaired) electrons. The molecule has 0 aromatic heterocycles. The van der Waals surface area contributed by atoms with Crippen molar-refractivity contribution >= 4 is 5.78 Å². The van der Waals surface area contributed by atoms with E-state index in [1.54, 1.807) is 6.92 Å². The van der Waals surface area contributed by atoms with Gasteiger partial charge in [0.05, 0.1) is 6.10 Å². The highest BCUT2D eigenvalue weighted by atomic mass is 16.3. The zero-order valence-electron chi connectivity index (χ0n) is 22.5. The first-order valence-corrected chi connectivity index (χ1v) is 13.5. The smallest absolute Gasteiger partial charge is 0.138 e. The quantitative estimate of drug-likeness (QED) is 0.475. The van der Waals surface area contributed by atoms with Gasteiger partial charge in [-0.1, -0.05) is 52.8 Å². The molecule has 0 heterocycles. The third-order valence-corrected chi connectivity index (χ3v) is 11.9. The Bertz CT molecular complexity index is 888. The molecule has 0 aromatic carbocycles. The predicted molar refractivity (Wildman–Crippen MR) is 136 cm³/mol. The molecule has 4 aliphatic rings. The molecular weight excluding hydrogens is 424 g/mol. The van der Waals surface area contributed by atoms with Crippen LogP contribution >= 0.6 is 0 Å². The van der Waals surface area contributed by atoms with Gasteiger partial charge in [0.1, 0.15) is 18.0 Å². The van der Waals surface area contributed by atoms with Crippen molar-refractivity contribution in [2.24, 2.45) is 45.3 Å². The number of carbonyl (C=O) groups is 1. The zero-order chi connectivity index (χ0) is 25.4. The molecule has 10 unspecified atom stereocenters. The summed E-state index contributed by atoms with van der Waals surface area (Å²) in [6.45, 7) is 19.2. The highest BCUT2D eigenvalue weighted by molar-refractivity contribution is 5.85. The molecule has 0 amide bonds. The van der Waals surface area contributed by atoms with Gasteiger partial charge in [0.2, 0.25) is 0 Å². The van der Waals surface area contributed by atoms with Gasteiger partial charge in [0.15, 0.2) is 0 Å². The van der Waals surface area contributed by atoms with Crippen molar-refractivity contribution in [2.45, 2.75) is 112 Å². The fourth-order valence-corrected chi connectivity index (χ4v) is 9.93. The summed E-state index contributed by atoms with van der Waals surface area (Å²) in [5.41, 5.74) is 1.47. The van der Waals surface area contributed by atoms with E-state index in [0.29, 0.717) is 35.5 Å². The van der Waals surface area contributed by atoms with E-state index in [1.807, 2.05) is 6.08 Å². The monoisotopic (exact) mass is 472 g/mol.